The molecule has 0 aliphatic carbocycles. The fourth-order valence-corrected chi connectivity index (χ4v) is 1.70. The van der Waals surface area contributed by atoms with E-state index in [4.69, 9.17) is 17.3 Å². The van der Waals surface area contributed by atoms with E-state index in [1.54, 1.807) is 6.07 Å². The second-order valence-corrected chi connectivity index (χ2v) is 3.76. The van der Waals surface area contributed by atoms with Gasteiger partial charge in [0, 0.05) is 16.3 Å². The third-order valence-corrected chi connectivity index (χ3v) is 2.48. The molecular formula is C12H8ClF2N. The Bertz CT molecular complexity index is 520. The Balaban J connectivity index is 2.68. The summed E-state index contributed by atoms with van der Waals surface area (Å²) in [4.78, 5) is 0. The first-order valence-corrected chi connectivity index (χ1v) is 4.97. The van der Waals surface area contributed by atoms with Gasteiger partial charge in [0.15, 0.2) is 0 Å². The normalized spacial score (nSPS) is 10.4. The Kier molecular flexibility index (Phi) is 2.79. The van der Waals surface area contributed by atoms with E-state index in [-0.39, 0.29) is 11.3 Å². The number of anilines is 1. The van der Waals surface area contributed by atoms with Crippen molar-refractivity contribution in [3.63, 3.8) is 0 Å². The molecule has 0 amide bonds. The molecule has 0 aliphatic heterocycles. The van der Waals surface area contributed by atoms with E-state index in [2.05, 4.69) is 0 Å². The molecule has 0 radical (unpaired) electrons. The van der Waals surface area contributed by atoms with Gasteiger partial charge in [-0.15, -0.1) is 0 Å². The lowest BCUT2D eigenvalue weighted by Crippen LogP contribution is -1.95. The van der Waals surface area contributed by atoms with Crippen molar-refractivity contribution >= 4 is 17.3 Å². The fraction of sp³-hybridized carbons (Fsp3) is 0. The molecule has 2 aromatic rings. The number of rotatable bonds is 1. The molecule has 0 aromatic heterocycles. The Morgan fingerprint density at radius 1 is 1.00 bits per heavy atom. The summed E-state index contributed by atoms with van der Waals surface area (Å²) in [7, 11) is 0. The van der Waals surface area contributed by atoms with Crippen LogP contribution >= 0.6 is 11.6 Å². The minimum absolute atomic E-state index is 0.128. The Morgan fingerprint density at radius 3 is 2.19 bits per heavy atom. The molecule has 0 atom stereocenters. The van der Waals surface area contributed by atoms with Gasteiger partial charge in [-0.1, -0.05) is 23.7 Å². The van der Waals surface area contributed by atoms with Gasteiger partial charge in [-0.2, -0.15) is 0 Å². The van der Waals surface area contributed by atoms with Crippen LogP contribution in [0.2, 0.25) is 5.02 Å². The highest BCUT2D eigenvalue weighted by molar-refractivity contribution is 6.31. The van der Waals surface area contributed by atoms with Crippen LogP contribution in [0.4, 0.5) is 14.5 Å². The van der Waals surface area contributed by atoms with Crippen molar-refractivity contribution in [2.24, 2.45) is 0 Å². The van der Waals surface area contributed by atoms with Crippen molar-refractivity contribution in [3.05, 3.63) is 53.1 Å². The van der Waals surface area contributed by atoms with Crippen LogP contribution < -0.4 is 5.73 Å². The topological polar surface area (TPSA) is 26.0 Å². The lowest BCUT2D eigenvalue weighted by molar-refractivity contribution is 0.590. The predicted octanol–water partition coefficient (Wildman–Crippen LogP) is 3.87. The lowest BCUT2D eigenvalue weighted by atomic mass is 10.0. The zero-order valence-corrected chi connectivity index (χ0v) is 8.93. The molecule has 0 fully saturated rings. The highest BCUT2D eigenvalue weighted by Crippen LogP contribution is 2.32. The molecule has 2 rings (SSSR count). The molecule has 2 aromatic carbocycles. The highest BCUT2D eigenvalue weighted by Gasteiger charge is 2.13. The monoisotopic (exact) mass is 239 g/mol. The maximum Gasteiger partial charge on any atom is 0.134 e. The molecule has 0 saturated carbocycles. The van der Waals surface area contributed by atoms with Gasteiger partial charge in [0.2, 0.25) is 0 Å². The SMILES string of the molecule is Nc1cc(Cl)ccc1-c1c(F)cccc1F. The average molecular weight is 240 g/mol. The minimum Gasteiger partial charge on any atom is -0.398 e. The van der Waals surface area contributed by atoms with Gasteiger partial charge in [-0.05, 0) is 24.3 Å². The zero-order chi connectivity index (χ0) is 11.7. The zero-order valence-electron chi connectivity index (χ0n) is 8.18. The molecule has 2 N–H and O–H groups in total. The van der Waals surface area contributed by atoms with Crippen LogP contribution in [0.1, 0.15) is 0 Å². The van der Waals surface area contributed by atoms with Crippen molar-refractivity contribution in [2.45, 2.75) is 0 Å². The molecule has 0 heterocycles. The summed E-state index contributed by atoms with van der Waals surface area (Å²) in [6, 6.07) is 8.18. The fourth-order valence-electron chi connectivity index (χ4n) is 1.52. The maximum atomic E-state index is 13.5. The van der Waals surface area contributed by atoms with E-state index < -0.39 is 11.6 Å². The number of nitrogens with two attached hydrogens (primary N) is 1. The maximum absolute atomic E-state index is 13.5. The van der Waals surface area contributed by atoms with Crippen molar-refractivity contribution < 1.29 is 8.78 Å². The Hall–Kier alpha value is -1.61. The van der Waals surface area contributed by atoms with E-state index in [0.717, 1.165) is 0 Å². The van der Waals surface area contributed by atoms with Crippen molar-refractivity contribution in [2.75, 3.05) is 5.73 Å². The summed E-state index contributed by atoms with van der Waals surface area (Å²) in [6.07, 6.45) is 0. The Labute approximate surface area is 96.5 Å². The lowest BCUT2D eigenvalue weighted by Gasteiger charge is -2.08. The van der Waals surface area contributed by atoms with E-state index in [0.29, 0.717) is 10.6 Å². The summed E-state index contributed by atoms with van der Waals surface area (Å²) >= 11 is 5.72. The average Bonchev–Trinajstić information content (AvgIpc) is 2.20. The molecule has 1 nitrogen and oxygen atoms in total. The van der Waals surface area contributed by atoms with E-state index in [9.17, 15) is 8.78 Å². The van der Waals surface area contributed by atoms with Gasteiger partial charge in [0.1, 0.15) is 11.6 Å². The second-order valence-electron chi connectivity index (χ2n) is 3.33. The first kappa shape index (κ1) is 10.9. The summed E-state index contributed by atoms with van der Waals surface area (Å²) in [6.45, 7) is 0. The van der Waals surface area contributed by atoms with Gasteiger partial charge in [-0.25, -0.2) is 8.78 Å². The molecular weight excluding hydrogens is 232 g/mol. The van der Waals surface area contributed by atoms with Crippen LogP contribution in [0.25, 0.3) is 11.1 Å². The molecule has 0 unspecified atom stereocenters. The van der Waals surface area contributed by atoms with Crippen LogP contribution in [-0.2, 0) is 0 Å². The summed E-state index contributed by atoms with van der Waals surface area (Å²) in [5.41, 5.74) is 6.10. The van der Waals surface area contributed by atoms with Crippen LogP contribution in [-0.4, -0.2) is 0 Å². The highest BCUT2D eigenvalue weighted by atomic mass is 35.5. The first-order chi connectivity index (χ1) is 7.59. The van der Waals surface area contributed by atoms with Crippen molar-refractivity contribution in [3.8, 4) is 11.1 Å². The molecule has 4 heteroatoms. The molecule has 16 heavy (non-hydrogen) atoms. The number of nitrogen functional groups attached to an aromatic ring is 1. The molecule has 0 bridgehead atoms. The quantitative estimate of drug-likeness (QED) is 0.751. The number of halogens is 3. The van der Waals surface area contributed by atoms with Gasteiger partial charge in [0.25, 0.3) is 0 Å². The second kappa shape index (κ2) is 4.10. The summed E-state index contributed by atoms with van der Waals surface area (Å²) in [5, 5.41) is 0.429. The van der Waals surface area contributed by atoms with Gasteiger partial charge < -0.3 is 5.73 Å². The Morgan fingerprint density at radius 2 is 1.62 bits per heavy atom. The molecule has 0 aliphatic rings. The van der Waals surface area contributed by atoms with Gasteiger partial charge in [0.05, 0.1) is 5.56 Å². The number of benzene rings is 2. The van der Waals surface area contributed by atoms with E-state index in [1.807, 2.05) is 0 Å². The molecule has 82 valence electrons. The molecule has 0 saturated heterocycles. The third-order valence-electron chi connectivity index (χ3n) is 2.25. The van der Waals surface area contributed by atoms with Crippen molar-refractivity contribution in [1.29, 1.82) is 0 Å². The van der Waals surface area contributed by atoms with Crippen molar-refractivity contribution in [1.82, 2.24) is 0 Å². The molecule has 0 spiro atoms. The first-order valence-electron chi connectivity index (χ1n) is 4.59. The third kappa shape index (κ3) is 1.86. The van der Waals surface area contributed by atoms with Crippen LogP contribution in [0.15, 0.2) is 36.4 Å². The smallest absolute Gasteiger partial charge is 0.134 e. The number of hydrogen-bond donors (Lipinski definition) is 1. The summed E-state index contributed by atoms with van der Waals surface area (Å²) < 4.78 is 27.0. The van der Waals surface area contributed by atoms with Crippen LogP contribution in [0.5, 0.6) is 0 Å². The van der Waals surface area contributed by atoms with E-state index in [1.165, 1.54) is 30.3 Å². The van der Waals surface area contributed by atoms with Gasteiger partial charge >= 0.3 is 0 Å². The predicted molar refractivity (Wildman–Crippen MR) is 61.2 cm³/mol. The standard InChI is InChI=1S/C12H8ClF2N/c13-7-4-5-8(11(16)6-7)12-9(14)2-1-3-10(12)15/h1-6H,16H2. The van der Waals surface area contributed by atoms with E-state index >= 15 is 0 Å². The summed E-state index contributed by atoms with van der Waals surface area (Å²) in [5.74, 6) is -1.29. The van der Waals surface area contributed by atoms with Crippen LogP contribution in [0.3, 0.4) is 0 Å². The minimum atomic E-state index is -0.644. The number of hydrogen-bond acceptors (Lipinski definition) is 1. The van der Waals surface area contributed by atoms with Gasteiger partial charge in [-0.3, -0.25) is 0 Å². The largest absolute Gasteiger partial charge is 0.398 e. The van der Waals surface area contributed by atoms with Crippen LogP contribution in [0, 0.1) is 11.6 Å².